The third-order valence-electron chi connectivity index (χ3n) is 4.22. The molecule has 3 rings (SSSR count). The van der Waals surface area contributed by atoms with Crippen molar-refractivity contribution in [3.8, 4) is 0 Å². The van der Waals surface area contributed by atoms with E-state index in [1.54, 1.807) is 0 Å². The molecule has 3 aromatic carbocycles. The molecule has 1 unspecified atom stereocenters. The van der Waals surface area contributed by atoms with Gasteiger partial charge >= 0.3 is 0 Å². The van der Waals surface area contributed by atoms with Gasteiger partial charge < -0.3 is 11.1 Å². The van der Waals surface area contributed by atoms with Gasteiger partial charge in [0.15, 0.2) is 0 Å². The molecule has 0 saturated heterocycles. The van der Waals surface area contributed by atoms with Crippen molar-refractivity contribution in [2.24, 2.45) is 5.73 Å². The van der Waals surface area contributed by atoms with Crippen LogP contribution in [0.5, 0.6) is 0 Å². The van der Waals surface area contributed by atoms with Gasteiger partial charge in [-0.15, -0.1) is 0 Å². The Morgan fingerprint density at radius 2 is 1.48 bits per heavy atom. The molecule has 0 heterocycles. The van der Waals surface area contributed by atoms with E-state index in [1.807, 2.05) is 24.3 Å². The fraction of sp³-hybridized carbons (Fsp3) is 0.130. The summed E-state index contributed by atoms with van der Waals surface area (Å²) in [5.41, 5.74) is 12.2. The third-order valence-corrected chi connectivity index (χ3v) is 4.22. The summed E-state index contributed by atoms with van der Waals surface area (Å²) >= 11 is 0. The second kappa shape index (κ2) is 8.32. The van der Waals surface area contributed by atoms with Crippen molar-refractivity contribution in [1.29, 1.82) is 0 Å². The van der Waals surface area contributed by atoms with Gasteiger partial charge in [0.2, 0.25) is 0 Å². The molecule has 0 spiro atoms. The minimum absolute atomic E-state index is 0.247. The highest BCUT2D eigenvalue weighted by molar-refractivity contribution is 5.64. The minimum atomic E-state index is -0.247. The molecule has 0 bridgehead atoms. The van der Waals surface area contributed by atoms with Crippen LogP contribution in [-0.4, -0.2) is 0 Å². The van der Waals surface area contributed by atoms with E-state index in [-0.39, 0.29) is 6.17 Å². The summed E-state index contributed by atoms with van der Waals surface area (Å²) < 4.78 is 0. The monoisotopic (exact) mass is 328 g/mol. The molecule has 0 aliphatic heterocycles. The Labute approximate surface area is 150 Å². The Hall–Kier alpha value is -2.84. The summed E-state index contributed by atoms with van der Waals surface area (Å²) in [7, 11) is 0. The lowest BCUT2D eigenvalue weighted by Gasteiger charge is -2.19. The van der Waals surface area contributed by atoms with Gasteiger partial charge in [-0.1, -0.05) is 96.6 Å². The van der Waals surface area contributed by atoms with Crippen LogP contribution in [-0.2, 0) is 6.42 Å². The predicted molar refractivity (Wildman–Crippen MR) is 106 cm³/mol. The van der Waals surface area contributed by atoms with Crippen molar-refractivity contribution < 1.29 is 0 Å². The van der Waals surface area contributed by atoms with Gasteiger partial charge in [0, 0.05) is 5.70 Å². The van der Waals surface area contributed by atoms with E-state index < -0.39 is 0 Å². The first kappa shape index (κ1) is 17.0. The van der Waals surface area contributed by atoms with Crippen molar-refractivity contribution in [2.45, 2.75) is 19.5 Å². The minimum Gasteiger partial charge on any atom is -0.366 e. The fourth-order valence-electron chi connectivity index (χ4n) is 2.74. The molecule has 2 heteroatoms. The van der Waals surface area contributed by atoms with E-state index >= 15 is 0 Å². The van der Waals surface area contributed by atoms with E-state index in [9.17, 15) is 0 Å². The summed E-state index contributed by atoms with van der Waals surface area (Å²) in [5.74, 6) is 0. The van der Waals surface area contributed by atoms with Gasteiger partial charge in [-0.25, -0.2) is 0 Å². The van der Waals surface area contributed by atoms with Crippen LogP contribution in [0.1, 0.15) is 28.4 Å². The molecule has 25 heavy (non-hydrogen) atoms. The molecule has 126 valence electrons. The Balaban J connectivity index is 1.82. The molecular weight excluding hydrogens is 304 g/mol. The largest absolute Gasteiger partial charge is 0.366 e. The van der Waals surface area contributed by atoms with E-state index in [2.05, 4.69) is 79.0 Å². The first-order valence-corrected chi connectivity index (χ1v) is 8.60. The number of benzene rings is 3. The first-order chi connectivity index (χ1) is 12.2. The number of hydrogen-bond acceptors (Lipinski definition) is 2. The number of aryl methyl sites for hydroxylation is 1. The van der Waals surface area contributed by atoms with E-state index in [4.69, 9.17) is 5.73 Å². The van der Waals surface area contributed by atoms with Gasteiger partial charge in [0.25, 0.3) is 0 Å². The number of nitrogens with two attached hydrogens (primary N) is 1. The summed E-state index contributed by atoms with van der Waals surface area (Å²) in [6, 6.07) is 29.1. The second-order valence-corrected chi connectivity index (χ2v) is 6.21. The number of allylic oxidation sites excluding steroid dienone is 1. The molecule has 0 aliphatic rings. The molecule has 3 N–H and O–H groups in total. The van der Waals surface area contributed by atoms with Crippen molar-refractivity contribution in [2.75, 3.05) is 0 Å². The smallest absolute Gasteiger partial charge is 0.101 e. The van der Waals surface area contributed by atoms with Crippen LogP contribution in [0, 0.1) is 6.92 Å². The molecule has 0 aromatic heterocycles. The van der Waals surface area contributed by atoms with Crippen molar-refractivity contribution >= 4 is 5.70 Å². The quantitative estimate of drug-likeness (QED) is 0.636. The molecule has 0 aliphatic carbocycles. The predicted octanol–water partition coefficient (Wildman–Crippen LogP) is 4.83. The van der Waals surface area contributed by atoms with Crippen molar-refractivity contribution in [3.63, 3.8) is 0 Å². The molecule has 2 nitrogen and oxygen atoms in total. The topological polar surface area (TPSA) is 38.0 Å². The number of hydrogen-bond donors (Lipinski definition) is 2. The van der Waals surface area contributed by atoms with Crippen LogP contribution in [0.3, 0.4) is 0 Å². The molecule has 0 amide bonds. The van der Waals surface area contributed by atoms with Crippen LogP contribution >= 0.6 is 0 Å². The van der Waals surface area contributed by atoms with Crippen LogP contribution in [0.25, 0.3) is 5.70 Å². The SMILES string of the molecule is Cc1ccc(C(N)N/C(=C\Cc2ccccc2)c2ccccc2)cc1. The summed E-state index contributed by atoms with van der Waals surface area (Å²) in [6.45, 7) is 2.08. The summed E-state index contributed by atoms with van der Waals surface area (Å²) in [6.07, 6.45) is 2.82. The van der Waals surface area contributed by atoms with Crippen LogP contribution in [0.15, 0.2) is 91.0 Å². The lowest BCUT2D eigenvalue weighted by molar-refractivity contribution is 0.665. The normalized spacial score (nSPS) is 12.6. The maximum absolute atomic E-state index is 6.40. The van der Waals surface area contributed by atoms with Crippen LogP contribution < -0.4 is 11.1 Å². The van der Waals surface area contributed by atoms with Gasteiger partial charge in [-0.05, 0) is 30.0 Å². The first-order valence-electron chi connectivity index (χ1n) is 8.60. The standard InChI is InChI=1S/C23H24N2/c1-18-12-15-21(16-13-18)23(24)25-22(20-10-6-3-7-11-20)17-14-19-8-4-2-5-9-19/h2-13,15-17,23,25H,14,24H2,1H3/b22-17-. The highest BCUT2D eigenvalue weighted by Crippen LogP contribution is 2.18. The average molecular weight is 328 g/mol. The highest BCUT2D eigenvalue weighted by atomic mass is 15.0. The average Bonchev–Trinajstić information content (AvgIpc) is 2.67. The van der Waals surface area contributed by atoms with Crippen molar-refractivity contribution in [1.82, 2.24) is 5.32 Å². The zero-order chi connectivity index (χ0) is 17.5. The van der Waals surface area contributed by atoms with Gasteiger partial charge in [-0.2, -0.15) is 0 Å². The Morgan fingerprint density at radius 3 is 2.12 bits per heavy atom. The number of nitrogens with one attached hydrogen (secondary N) is 1. The van der Waals surface area contributed by atoms with E-state index in [0.717, 1.165) is 23.2 Å². The lowest BCUT2D eigenvalue weighted by atomic mass is 10.1. The summed E-state index contributed by atoms with van der Waals surface area (Å²) in [5, 5.41) is 3.48. The molecule has 1 atom stereocenters. The third kappa shape index (κ3) is 4.82. The molecule has 0 fully saturated rings. The molecule has 0 saturated carbocycles. The maximum atomic E-state index is 6.40. The highest BCUT2D eigenvalue weighted by Gasteiger charge is 2.09. The summed E-state index contributed by atoms with van der Waals surface area (Å²) in [4.78, 5) is 0. The zero-order valence-electron chi connectivity index (χ0n) is 14.5. The van der Waals surface area contributed by atoms with Crippen LogP contribution in [0.2, 0.25) is 0 Å². The van der Waals surface area contributed by atoms with E-state index in [1.165, 1.54) is 11.1 Å². The molecule has 3 aromatic rings. The molecular formula is C23H24N2. The van der Waals surface area contributed by atoms with Gasteiger partial charge in [-0.3, -0.25) is 0 Å². The van der Waals surface area contributed by atoms with E-state index in [0.29, 0.717) is 0 Å². The lowest BCUT2D eigenvalue weighted by Crippen LogP contribution is -2.27. The Kier molecular flexibility index (Phi) is 5.65. The van der Waals surface area contributed by atoms with Crippen molar-refractivity contribution in [3.05, 3.63) is 113 Å². The Bertz CT molecular complexity index is 806. The van der Waals surface area contributed by atoms with Gasteiger partial charge in [0.1, 0.15) is 6.17 Å². The fourth-order valence-corrected chi connectivity index (χ4v) is 2.74. The second-order valence-electron chi connectivity index (χ2n) is 6.21. The van der Waals surface area contributed by atoms with Gasteiger partial charge in [0.05, 0.1) is 0 Å². The van der Waals surface area contributed by atoms with Crippen LogP contribution in [0.4, 0.5) is 0 Å². The zero-order valence-corrected chi connectivity index (χ0v) is 14.5. The Morgan fingerprint density at radius 1 is 0.880 bits per heavy atom. The molecule has 0 radical (unpaired) electrons. The maximum Gasteiger partial charge on any atom is 0.101 e. The number of rotatable bonds is 6.